The second-order valence-electron chi connectivity index (χ2n) is 7.28. The lowest BCUT2D eigenvalue weighted by Crippen LogP contribution is -2.44. The van der Waals surface area contributed by atoms with Crippen molar-refractivity contribution in [2.24, 2.45) is 5.92 Å². The molecule has 0 bridgehead atoms. The number of piperidine rings is 1. The Hall–Kier alpha value is -1.38. The maximum atomic E-state index is 10.2. The van der Waals surface area contributed by atoms with E-state index in [0.29, 0.717) is 19.7 Å². The van der Waals surface area contributed by atoms with Crippen LogP contribution in [0.25, 0.3) is 0 Å². The summed E-state index contributed by atoms with van der Waals surface area (Å²) in [7, 11) is 1.66. The highest BCUT2D eigenvalue weighted by atomic mass is 16.5. The third kappa shape index (κ3) is 5.56. The smallest absolute Gasteiger partial charge is 0.165 e. The highest BCUT2D eigenvalue weighted by molar-refractivity contribution is 5.46. The van der Waals surface area contributed by atoms with Crippen LogP contribution in [0.2, 0.25) is 0 Å². The van der Waals surface area contributed by atoms with Gasteiger partial charge in [-0.2, -0.15) is 0 Å². The highest BCUT2D eigenvalue weighted by Gasteiger charge is 2.27. The first-order valence-electron chi connectivity index (χ1n) is 9.81. The SMILES string of the molecule is COc1cccc(CN2CC[C@H](CO)[C@@H](O)C2)c1OCCN1CCOCC1. The molecule has 7 heteroatoms. The van der Waals surface area contributed by atoms with E-state index in [1.54, 1.807) is 7.11 Å². The summed E-state index contributed by atoms with van der Waals surface area (Å²) in [4.78, 5) is 4.55. The van der Waals surface area contributed by atoms with Gasteiger partial charge in [-0.25, -0.2) is 0 Å². The second-order valence-corrected chi connectivity index (χ2v) is 7.28. The van der Waals surface area contributed by atoms with Crippen molar-refractivity contribution in [2.45, 2.75) is 19.1 Å². The average molecular weight is 380 g/mol. The van der Waals surface area contributed by atoms with Crippen molar-refractivity contribution < 1.29 is 24.4 Å². The standard InChI is InChI=1S/C20H32N2O5/c1-25-19-4-2-3-16(13-22-6-5-17(15-23)18(24)14-22)20(19)27-12-9-21-7-10-26-11-8-21/h2-4,17-18,23-24H,5-15H2,1H3/t17-,18+/m1/s1. The van der Waals surface area contributed by atoms with Gasteiger partial charge in [0.05, 0.1) is 26.4 Å². The third-order valence-electron chi connectivity index (χ3n) is 5.47. The first kappa shape index (κ1) is 20.4. The molecule has 0 unspecified atom stereocenters. The first-order chi connectivity index (χ1) is 13.2. The normalized spacial score (nSPS) is 24.7. The van der Waals surface area contributed by atoms with Gasteiger partial charge in [0.15, 0.2) is 11.5 Å². The number of hydrogen-bond acceptors (Lipinski definition) is 7. The number of ether oxygens (including phenoxy) is 3. The van der Waals surface area contributed by atoms with Crippen molar-refractivity contribution >= 4 is 0 Å². The number of nitrogens with zero attached hydrogens (tertiary/aromatic N) is 2. The predicted octanol–water partition coefficient (Wildman–Crippen LogP) is 0.581. The Morgan fingerprint density at radius 1 is 1.19 bits per heavy atom. The van der Waals surface area contributed by atoms with Crippen LogP contribution in [0.4, 0.5) is 0 Å². The zero-order chi connectivity index (χ0) is 19.1. The number of para-hydroxylation sites is 1. The molecule has 1 aromatic carbocycles. The zero-order valence-electron chi connectivity index (χ0n) is 16.2. The number of β-amino-alcohol motifs (C(OH)–C–C–N with tert-alkyl or cyclic N) is 1. The monoisotopic (exact) mass is 380 g/mol. The van der Waals surface area contributed by atoms with Gasteiger partial charge < -0.3 is 24.4 Å². The Morgan fingerprint density at radius 3 is 2.70 bits per heavy atom. The summed E-state index contributed by atoms with van der Waals surface area (Å²) in [5.41, 5.74) is 1.06. The van der Waals surface area contributed by atoms with Crippen LogP contribution in [0.1, 0.15) is 12.0 Å². The van der Waals surface area contributed by atoms with Crippen LogP contribution in [0.5, 0.6) is 11.5 Å². The van der Waals surface area contributed by atoms with Gasteiger partial charge in [0.1, 0.15) is 6.61 Å². The van der Waals surface area contributed by atoms with Crippen LogP contribution in [-0.2, 0) is 11.3 Å². The van der Waals surface area contributed by atoms with E-state index in [4.69, 9.17) is 14.2 Å². The third-order valence-corrected chi connectivity index (χ3v) is 5.47. The Labute approximate surface area is 161 Å². The number of aliphatic hydroxyl groups excluding tert-OH is 2. The van der Waals surface area contributed by atoms with E-state index < -0.39 is 6.10 Å². The lowest BCUT2D eigenvalue weighted by atomic mass is 9.94. The maximum Gasteiger partial charge on any atom is 0.165 e. The molecule has 27 heavy (non-hydrogen) atoms. The van der Waals surface area contributed by atoms with Gasteiger partial charge in [-0.1, -0.05) is 12.1 Å². The number of aliphatic hydroxyl groups is 2. The van der Waals surface area contributed by atoms with Crippen molar-refractivity contribution in [1.29, 1.82) is 0 Å². The fraction of sp³-hybridized carbons (Fsp3) is 0.700. The Kier molecular flexibility index (Phi) is 7.72. The minimum absolute atomic E-state index is 0.0178. The van der Waals surface area contributed by atoms with Crippen LogP contribution in [0, 0.1) is 5.92 Å². The molecule has 0 amide bonds. The van der Waals surface area contributed by atoms with Gasteiger partial charge in [-0.05, 0) is 19.0 Å². The molecule has 2 aliphatic heterocycles. The molecule has 3 rings (SSSR count). The Balaban J connectivity index is 1.60. The van der Waals surface area contributed by atoms with Gasteiger partial charge >= 0.3 is 0 Å². The fourth-order valence-electron chi connectivity index (χ4n) is 3.76. The summed E-state index contributed by atoms with van der Waals surface area (Å²) in [5.74, 6) is 1.50. The van der Waals surface area contributed by atoms with Gasteiger partial charge in [-0.3, -0.25) is 9.80 Å². The van der Waals surface area contributed by atoms with Crippen LogP contribution in [0.3, 0.4) is 0 Å². The van der Waals surface area contributed by atoms with Gasteiger partial charge in [0.2, 0.25) is 0 Å². The lowest BCUT2D eigenvalue weighted by molar-refractivity contribution is -0.00476. The molecule has 1 aromatic rings. The minimum Gasteiger partial charge on any atom is -0.493 e. The van der Waals surface area contributed by atoms with Gasteiger partial charge in [0.25, 0.3) is 0 Å². The second kappa shape index (κ2) is 10.2. The molecule has 7 nitrogen and oxygen atoms in total. The van der Waals surface area contributed by atoms with Crippen LogP contribution < -0.4 is 9.47 Å². The lowest BCUT2D eigenvalue weighted by Gasteiger charge is -2.35. The van der Waals surface area contributed by atoms with E-state index in [-0.39, 0.29) is 12.5 Å². The van der Waals surface area contributed by atoms with Crippen molar-refractivity contribution in [3.63, 3.8) is 0 Å². The molecule has 0 spiro atoms. The molecule has 2 aliphatic rings. The van der Waals surface area contributed by atoms with Crippen LogP contribution in [-0.4, -0.2) is 92.4 Å². The Morgan fingerprint density at radius 2 is 2.00 bits per heavy atom. The molecule has 2 heterocycles. The molecule has 2 atom stereocenters. The van der Waals surface area contributed by atoms with E-state index in [9.17, 15) is 10.2 Å². The number of likely N-dealkylation sites (tertiary alicyclic amines) is 1. The maximum absolute atomic E-state index is 10.2. The number of rotatable bonds is 8. The van der Waals surface area contributed by atoms with Crippen molar-refractivity contribution in [3.8, 4) is 11.5 Å². The summed E-state index contributed by atoms with van der Waals surface area (Å²) in [6, 6.07) is 5.94. The van der Waals surface area contributed by atoms with Crippen LogP contribution in [0.15, 0.2) is 18.2 Å². The van der Waals surface area contributed by atoms with E-state index in [0.717, 1.165) is 62.9 Å². The van der Waals surface area contributed by atoms with E-state index in [2.05, 4.69) is 15.9 Å². The van der Waals surface area contributed by atoms with E-state index >= 15 is 0 Å². The molecular formula is C20H32N2O5. The van der Waals surface area contributed by atoms with E-state index in [1.807, 2.05) is 12.1 Å². The number of benzene rings is 1. The molecule has 2 N–H and O–H groups in total. The summed E-state index contributed by atoms with van der Waals surface area (Å²) in [5, 5.41) is 19.5. The fourth-order valence-corrected chi connectivity index (χ4v) is 3.76. The van der Waals surface area contributed by atoms with Crippen LogP contribution >= 0.6 is 0 Å². The highest BCUT2D eigenvalue weighted by Crippen LogP contribution is 2.33. The molecule has 0 aliphatic carbocycles. The summed E-state index contributed by atoms with van der Waals surface area (Å²) < 4.78 is 17.0. The predicted molar refractivity (Wildman–Crippen MR) is 102 cm³/mol. The molecule has 0 saturated carbocycles. The average Bonchev–Trinajstić information content (AvgIpc) is 2.70. The molecular weight excluding hydrogens is 348 g/mol. The molecule has 152 valence electrons. The van der Waals surface area contributed by atoms with Gasteiger partial charge in [-0.15, -0.1) is 0 Å². The molecule has 2 saturated heterocycles. The summed E-state index contributed by atoms with van der Waals surface area (Å²) in [6.45, 7) is 7.08. The molecule has 2 fully saturated rings. The molecule has 0 aromatic heterocycles. The first-order valence-corrected chi connectivity index (χ1v) is 9.81. The van der Waals surface area contributed by atoms with Crippen molar-refractivity contribution in [2.75, 3.05) is 66.3 Å². The van der Waals surface area contributed by atoms with Gasteiger partial charge in [0, 0.05) is 50.8 Å². The summed E-state index contributed by atoms with van der Waals surface area (Å²) in [6.07, 6.45) is 0.314. The largest absolute Gasteiger partial charge is 0.493 e. The topological polar surface area (TPSA) is 74.6 Å². The number of methoxy groups -OCH3 is 1. The van der Waals surface area contributed by atoms with Crippen molar-refractivity contribution in [3.05, 3.63) is 23.8 Å². The van der Waals surface area contributed by atoms with Crippen molar-refractivity contribution in [1.82, 2.24) is 9.80 Å². The minimum atomic E-state index is -0.486. The number of hydrogen-bond donors (Lipinski definition) is 2. The number of morpholine rings is 1. The Bertz CT molecular complexity index is 579. The molecule has 0 radical (unpaired) electrons. The summed E-state index contributed by atoms with van der Waals surface area (Å²) >= 11 is 0. The van der Waals surface area contributed by atoms with E-state index in [1.165, 1.54) is 0 Å². The quantitative estimate of drug-likeness (QED) is 0.683. The zero-order valence-corrected chi connectivity index (χ0v) is 16.2.